The monoisotopic (exact) mass is 396 g/mol. The van der Waals surface area contributed by atoms with Gasteiger partial charge in [0.15, 0.2) is 0 Å². The molecule has 0 unspecified atom stereocenters. The van der Waals surface area contributed by atoms with Gasteiger partial charge in [0, 0.05) is 17.0 Å². The fourth-order valence-electron chi connectivity index (χ4n) is 3.29. The normalized spacial score (nSPS) is 22.6. The molecule has 0 radical (unpaired) electrons. The number of hydrogen-bond acceptors (Lipinski definition) is 3. The van der Waals surface area contributed by atoms with Crippen LogP contribution in [0.1, 0.15) is 50.5 Å². The van der Waals surface area contributed by atoms with E-state index in [1.807, 2.05) is 12.1 Å². The van der Waals surface area contributed by atoms with Gasteiger partial charge in [0.25, 0.3) is 5.91 Å². The third kappa shape index (κ3) is 4.02. The predicted molar refractivity (Wildman–Crippen MR) is 106 cm³/mol. The van der Waals surface area contributed by atoms with E-state index in [4.69, 9.17) is 23.2 Å². The molecule has 1 N–H and O–H groups in total. The van der Waals surface area contributed by atoms with Gasteiger partial charge in [0.05, 0.1) is 10.0 Å². The quantitative estimate of drug-likeness (QED) is 0.684. The minimum Gasteiger partial charge on any atom is -0.347 e. The van der Waals surface area contributed by atoms with E-state index in [1.165, 1.54) is 17.8 Å². The Morgan fingerprint density at radius 3 is 2.88 bits per heavy atom. The van der Waals surface area contributed by atoms with Crippen LogP contribution in [-0.4, -0.2) is 16.9 Å². The lowest BCUT2D eigenvalue weighted by molar-refractivity contribution is 0.0808. The molecule has 1 heterocycles. The van der Waals surface area contributed by atoms with Gasteiger partial charge in [-0.1, -0.05) is 62.5 Å². The van der Waals surface area contributed by atoms with E-state index in [2.05, 4.69) is 31.1 Å². The molecule has 1 aromatic heterocycles. The van der Waals surface area contributed by atoms with Crippen molar-refractivity contribution in [3.05, 3.63) is 39.3 Å². The number of nitrogens with zero attached hydrogens (tertiary/aromatic N) is 1. The molecule has 1 fully saturated rings. The molecule has 25 heavy (non-hydrogen) atoms. The van der Waals surface area contributed by atoms with E-state index in [0.717, 1.165) is 18.4 Å². The van der Waals surface area contributed by atoms with Crippen LogP contribution in [0.5, 0.6) is 0 Å². The van der Waals surface area contributed by atoms with Crippen LogP contribution in [0, 0.1) is 11.3 Å². The number of amides is 1. The van der Waals surface area contributed by atoms with E-state index < -0.39 is 0 Å². The highest BCUT2D eigenvalue weighted by Gasteiger charge is 2.36. The number of benzene rings is 1. The molecular weight excluding hydrogens is 375 g/mol. The van der Waals surface area contributed by atoms with E-state index in [1.54, 1.807) is 11.4 Å². The number of aromatic nitrogens is 1. The predicted octanol–water partition coefficient (Wildman–Crippen LogP) is 6.06. The van der Waals surface area contributed by atoms with E-state index in [9.17, 15) is 4.79 Å². The molecule has 6 heteroatoms. The molecule has 1 aliphatic rings. The number of thiazole rings is 1. The highest BCUT2D eigenvalue weighted by molar-refractivity contribution is 7.13. The van der Waals surface area contributed by atoms with Gasteiger partial charge in [-0.15, -0.1) is 11.3 Å². The summed E-state index contributed by atoms with van der Waals surface area (Å²) in [5.74, 6) is 0.516. The largest absolute Gasteiger partial charge is 0.347 e. The van der Waals surface area contributed by atoms with Gasteiger partial charge < -0.3 is 5.32 Å². The highest BCUT2D eigenvalue weighted by Crippen LogP contribution is 2.39. The first-order chi connectivity index (χ1) is 11.8. The van der Waals surface area contributed by atoms with Gasteiger partial charge in [-0.25, -0.2) is 4.98 Å². The fraction of sp³-hybridized carbons (Fsp3) is 0.474. The van der Waals surface area contributed by atoms with Crippen molar-refractivity contribution in [2.24, 2.45) is 11.3 Å². The minimum absolute atomic E-state index is 0.108. The molecule has 134 valence electrons. The summed E-state index contributed by atoms with van der Waals surface area (Å²) in [5, 5.41) is 6.62. The highest BCUT2D eigenvalue weighted by atomic mass is 35.5. The summed E-state index contributed by atoms with van der Waals surface area (Å²) in [4.78, 5) is 17.2. The Morgan fingerprint density at radius 1 is 1.36 bits per heavy atom. The Morgan fingerprint density at radius 2 is 2.12 bits per heavy atom. The molecule has 0 aliphatic heterocycles. The van der Waals surface area contributed by atoms with Crippen molar-refractivity contribution in [1.82, 2.24) is 10.3 Å². The van der Waals surface area contributed by atoms with Crippen molar-refractivity contribution in [2.75, 3.05) is 0 Å². The summed E-state index contributed by atoms with van der Waals surface area (Å²) in [7, 11) is 0. The summed E-state index contributed by atoms with van der Waals surface area (Å²) < 4.78 is 0. The first-order valence-corrected chi connectivity index (χ1v) is 10.1. The third-order valence-corrected chi connectivity index (χ3v) is 6.78. The number of carbonyl (C=O) groups excluding carboxylic acids is 1. The number of rotatable bonds is 3. The van der Waals surface area contributed by atoms with Crippen molar-refractivity contribution in [2.45, 2.75) is 46.1 Å². The average Bonchev–Trinajstić information content (AvgIpc) is 3.04. The Labute approximate surface area is 162 Å². The van der Waals surface area contributed by atoms with Crippen LogP contribution in [0.3, 0.4) is 0 Å². The molecule has 0 bridgehead atoms. The van der Waals surface area contributed by atoms with Gasteiger partial charge in [0.2, 0.25) is 0 Å². The van der Waals surface area contributed by atoms with Crippen LogP contribution in [0.2, 0.25) is 10.0 Å². The molecule has 0 spiro atoms. The lowest BCUT2D eigenvalue weighted by Gasteiger charge is -2.41. The van der Waals surface area contributed by atoms with Crippen LogP contribution in [0.4, 0.5) is 0 Å². The number of halogens is 2. The molecular formula is C19H22Cl2N2OS. The molecule has 1 aliphatic carbocycles. The standard InChI is InChI=1S/C19H22Cl2N2OS/c1-11-7-8-19(2,3)15(9-11)23-17(24)14-10-25-18(22-14)12-5-4-6-13(20)16(12)21/h4-6,10-11,15H,7-9H2,1-3H3,(H,23,24)/t11-,15-/m1/s1. The SMILES string of the molecule is C[C@@H]1CCC(C)(C)[C@H](NC(=O)c2csc(-c3cccc(Cl)c3Cl)n2)C1. The zero-order chi connectivity index (χ0) is 18.2. The topological polar surface area (TPSA) is 42.0 Å². The second-order valence-corrected chi connectivity index (χ2v) is 9.18. The van der Waals surface area contributed by atoms with Crippen molar-refractivity contribution >= 4 is 40.4 Å². The van der Waals surface area contributed by atoms with Gasteiger partial charge in [-0.3, -0.25) is 4.79 Å². The first kappa shape index (κ1) is 18.7. The zero-order valence-electron chi connectivity index (χ0n) is 14.6. The van der Waals surface area contributed by atoms with E-state index in [0.29, 0.717) is 26.7 Å². The maximum Gasteiger partial charge on any atom is 0.271 e. The van der Waals surface area contributed by atoms with Gasteiger partial charge in [0.1, 0.15) is 10.7 Å². The molecule has 2 aromatic rings. The molecule has 0 saturated heterocycles. The smallest absolute Gasteiger partial charge is 0.271 e. The minimum atomic E-state index is -0.118. The lowest BCUT2D eigenvalue weighted by Crippen LogP contribution is -2.48. The van der Waals surface area contributed by atoms with Crippen LogP contribution in [-0.2, 0) is 0 Å². The Balaban J connectivity index is 1.78. The summed E-state index contributed by atoms with van der Waals surface area (Å²) in [6.45, 7) is 6.70. The Hall–Kier alpha value is -1.10. The van der Waals surface area contributed by atoms with Crippen LogP contribution in [0.25, 0.3) is 10.6 Å². The Bertz CT molecular complexity index is 787. The van der Waals surface area contributed by atoms with E-state index in [-0.39, 0.29) is 17.4 Å². The second-order valence-electron chi connectivity index (χ2n) is 7.53. The number of nitrogens with one attached hydrogen (secondary N) is 1. The first-order valence-electron chi connectivity index (χ1n) is 8.48. The second kappa shape index (κ2) is 7.26. The van der Waals surface area contributed by atoms with Crippen molar-refractivity contribution in [3.8, 4) is 10.6 Å². The number of hydrogen-bond donors (Lipinski definition) is 1. The molecule has 3 rings (SSSR count). The summed E-state index contributed by atoms with van der Waals surface area (Å²) in [6.07, 6.45) is 3.35. The number of carbonyl (C=O) groups is 1. The molecule has 1 aromatic carbocycles. The average molecular weight is 397 g/mol. The summed E-state index contributed by atoms with van der Waals surface area (Å²) >= 11 is 13.7. The lowest BCUT2D eigenvalue weighted by atomic mass is 9.70. The molecule has 1 saturated carbocycles. The van der Waals surface area contributed by atoms with E-state index >= 15 is 0 Å². The maximum absolute atomic E-state index is 12.7. The summed E-state index contributed by atoms with van der Waals surface area (Å²) in [6, 6.07) is 5.60. The Kier molecular flexibility index (Phi) is 5.42. The zero-order valence-corrected chi connectivity index (χ0v) is 16.9. The third-order valence-electron chi connectivity index (χ3n) is 5.09. The maximum atomic E-state index is 12.7. The van der Waals surface area contributed by atoms with Gasteiger partial charge in [-0.2, -0.15) is 0 Å². The van der Waals surface area contributed by atoms with Crippen LogP contribution >= 0.6 is 34.5 Å². The van der Waals surface area contributed by atoms with Crippen molar-refractivity contribution < 1.29 is 4.79 Å². The van der Waals surface area contributed by atoms with Crippen LogP contribution in [0.15, 0.2) is 23.6 Å². The van der Waals surface area contributed by atoms with Crippen molar-refractivity contribution in [1.29, 1.82) is 0 Å². The summed E-state index contributed by atoms with van der Waals surface area (Å²) in [5.41, 5.74) is 1.30. The fourth-order valence-corrected chi connectivity index (χ4v) is 4.57. The molecule has 1 amide bonds. The van der Waals surface area contributed by atoms with Gasteiger partial charge >= 0.3 is 0 Å². The van der Waals surface area contributed by atoms with Gasteiger partial charge in [-0.05, 0) is 30.2 Å². The van der Waals surface area contributed by atoms with Crippen LogP contribution < -0.4 is 5.32 Å². The van der Waals surface area contributed by atoms with Crippen molar-refractivity contribution in [3.63, 3.8) is 0 Å². The molecule has 3 nitrogen and oxygen atoms in total. The molecule has 2 atom stereocenters.